The maximum absolute atomic E-state index is 12.2. The number of hydrogen-bond acceptors (Lipinski definition) is 4. The van der Waals surface area contributed by atoms with E-state index in [9.17, 15) is 10.1 Å². The second-order valence-electron chi connectivity index (χ2n) is 5.98. The number of thiophene rings is 1. The topological polar surface area (TPSA) is 62.1 Å². The first-order valence-electron chi connectivity index (χ1n) is 8.22. The van der Waals surface area contributed by atoms with E-state index in [1.165, 1.54) is 11.3 Å². The average molecular weight is 340 g/mol. The Labute approximate surface area is 146 Å². The molecule has 0 bridgehead atoms. The molecule has 4 nitrogen and oxygen atoms in total. The van der Waals surface area contributed by atoms with Crippen molar-refractivity contribution >= 4 is 22.2 Å². The zero-order valence-corrected chi connectivity index (χ0v) is 14.5. The van der Waals surface area contributed by atoms with Gasteiger partial charge in [0.05, 0.1) is 5.56 Å². The van der Waals surface area contributed by atoms with E-state index in [2.05, 4.69) is 11.4 Å². The Kier molecular flexibility index (Phi) is 5.17. The van der Waals surface area contributed by atoms with Crippen molar-refractivity contribution in [1.29, 1.82) is 5.26 Å². The second kappa shape index (κ2) is 7.50. The summed E-state index contributed by atoms with van der Waals surface area (Å²) in [4.78, 5) is 13.5. The first-order valence-corrected chi connectivity index (χ1v) is 9.03. The predicted molar refractivity (Wildman–Crippen MR) is 95.6 cm³/mol. The zero-order chi connectivity index (χ0) is 16.9. The summed E-state index contributed by atoms with van der Waals surface area (Å²) in [6.07, 6.45) is 5.41. The Hall–Kier alpha value is -2.32. The number of benzene rings is 1. The van der Waals surface area contributed by atoms with E-state index < -0.39 is 0 Å². The molecule has 0 saturated heterocycles. The van der Waals surface area contributed by atoms with Crippen molar-refractivity contribution in [2.75, 3.05) is 11.9 Å². The second-order valence-corrected chi connectivity index (χ2v) is 7.09. The number of rotatable bonds is 4. The molecule has 0 spiro atoms. The van der Waals surface area contributed by atoms with Crippen LogP contribution in [0.15, 0.2) is 24.3 Å². The van der Waals surface area contributed by atoms with Gasteiger partial charge in [-0.3, -0.25) is 4.79 Å². The van der Waals surface area contributed by atoms with E-state index in [1.807, 2.05) is 31.2 Å². The Morgan fingerprint density at radius 1 is 1.29 bits per heavy atom. The van der Waals surface area contributed by atoms with E-state index in [-0.39, 0.29) is 12.5 Å². The molecule has 0 unspecified atom stereocenters. The maximum Gasteiger partial charge on any atom is 0.262 e. The molecule has 0 saturated carbocycles. The first-order chi connectivity index (χ1) is 11.7. The largest absolute Gasteiger partial charge is 0.483 e. The molecular formula is C19H20N2O2S. The average Bonchev–Trinajstić information content (AvgIpc) is 2.74. The van der Waals surface area contributed by atoms with Crippen LogP contribution in [-0.2, 0) is 17.6 Å². The van der Waals surface area contributed by atoms with E-state index in [4.69, 9.17) is 4.74 Å². The van der Waals surface area contributed by atoms with Crippen LogP contribution in [0.1, 0.15) is 40.8 Å². The van der Waals surface area contributed by atoms with Crippen molar-refractivity contribution in [2.24, 2.45) is 0 Å². The van der Waals surface area contributed by atoms with Gasteiger partial charge in [-0.15, -0.1) is 11.3 Å². The summed E-state index contributed by atoms with van der Waals surface area (Å²) in [6, 6.07) is 9.87. The number of carbonyl (C=O) groups is 1. The summed E-state index contributed by atoms with van der Waals surface area (Å²) in [7, 11) is 0. The third-order valence-electron chi connectivity index (χ3n) is 4.24. The van der Waals surface area contributed by atoms with Crippen LogP contribution in [0.3, 0.4) is 0 Å². The fourth-order valence-electron chi connectivity index (χ4n) is 2.97. The minimum Gasteiger partial charge on any atom is -0.483 e. The van der Waals surface area contributed by atoms with Gasteiger partial charge in [0.2, 0.25) is 0 Å². The Morgan fingerprint density at radius 2 is 2.08 bits per heavy atom. The SMILES string of the molecule is Cc1ccccc1OCC(=O)Nc1sc2c(c1C#N)CCCCC2. The Morgan fingerprint density at radius 3 is 2.88 bits per heavy atom. The molecule has 124 valence electrons. The van der Waals surface area contributed by atoms with Crippen LogP contribution in [-0.4, -0.2) is 12.5 Å². The normalized spacial score (nSPS) is 13.5. The first kappa shape index (κ1) is 16.5. The van der Waals surface area contributed by atoms with Gasteiger partial charge < -0.3 is 10.1 Å². The number of fused-ring (bicyclic) bond motifs is 1. The number of nitrogens with zero attached hydrogens (tertiary/aromatic N) is 1. The Balaban J connectivity index is 1.69. The number of anilines is 1. The van der Waals surface area contributed by atoms with Gasteiger partial charge in [-0.25, -0.2) is 0 Å². The highest BCUT2D eigenvalue weighted by Crippen LogP contribution is 2.36. The number of nitriles is 1. The van der Waals surface area contributed by atoms with Crippen molar-refractivity contribution in [3.05, 3.63) is 45.8 Å². The summed E-state index contributed by atoms with van der Waals surface area (Å²) < 4.78 is 5.58. The number of amides is 1. The predicted octanol–water partition coefficient (Wildman–Crippen LogP) is 4.21. The third kappa shape index (κ3) is 3.60. The molecule has 0 radical (unpaired) electrons. The lowest BCUT2D eigenvalue weighted by molar-refractivity contribution is -0.118. The minimum atomic E-state index is -0.230. The molecule has 1 aliphatic carbocycles. The molecule has 0 fully saturated rings. The van der Waals surface area contributed by atoms with Gasteiger partial charge >= 0.3 is 0 Å². The van der Waals surface area contributed by atoms with Crippen LogP contribution in [0.2, 0.25) is 0 Å². The quantitative estimate of drug-likeness (QED) is 0.848. The van der Waals surface area contributed by atoms with Crippen molar-refractivity contribution in [2.45, 2.75) is 39.0 Å². The van der Waals surface area contributed by atoms with E-state index in [1.54, 1.807) is 11.3 Å². The van der Waals surface area contributed by atoms with Crippen LogP contribution in [0, 0.1) is 18.3 Å². The van der Waals surface area contributed by atoms with Gasteiger partial charge in [0.1, 0.15) is 16.8 Å². The highest BCUT2D eigenvalue weighted by atomic mass is 32.1. The monoisotopic (exact) mass is 340 g/mol. The van der Waals surface area contributed by atoms with Crippen molar-refractivity contribution < 1.29 is 9.53 Å². The number of ether oxygens (including phenoxy) is 1. The summed E-state index contributed by atoms with van der Waals surface area (Å²) in [5.41, 5.74) is 2.77. The van der Waals surface area contributed by atoms with Crippen molar-refractivity contribution in [1.82, 2.24) is 0 Å². The lowest BCUT2D eigenvalue weighted by atomic mass is 10.1. The number of aryl methyl sites for hydroxylation is 2. The molecule has 2 aromatic rings. The summed E-state index contributed by atoms with van der Waals surface area (Å²) in [6.45, 7) is 1.88. The molecule has 5 heteroatoms. The van der Waals surface area contributed by atoms with Crippen LogP contribution in [0.25, 0.3) is 0 Å². The summed E-state index contributed by atoms with van der Waals surface area (Å²) >= 11 is 1.54. The molecule has 1 heterocycles. The van der Waals surface area contributed by atoms with Crippen LogP contribution < -0.4 is 10.1 Å². The summed E-state index contributed by atoms with van der Waals surface area (Å²) in [5.74, 6) is 0.473. The molecular weight excluding hydrogens is 320 g/mol. The molecule has 3 rings (SSSR count). The number of hydrogen-bond donors (Lipinski definition) is 1. The molecule has 1 aromatic carbocycles. The van der Waals surface area contributed by atoms with Crippen LogP contribution in [0.5, 0.6) is 5.75 Å². The molecule has 1 N–H and O–H groups in total. The standard InChI is InChI=1S/C19H20N2O2S/c1-13-7-5-6-9-16(13)23-12-18(22)21-19-15(11-20)14-8-3-2-4-10-17(14)24-19/h5-7,9H,2-4,8,10,12H2,1H3,(H,21,22). The molecule has 0 aliphatic heterocycles. The third-order valence-corrected chi connectivity index (χ3v) is 5.45. The van der Waals surface area contributed by atoms with Crippen LogP contribution >= 0.6 is 11.3 Å². The van der Waals surface area contributed by atoms with Gasteiger partial charge in [0.15, 0.2) is 6.61 Å². The van der Waals surface area contributed by atoms with E-state index in [0.29, 0.717) is 16.3 Å². The van der Waals surface area contributed by atoms with Gasteiger partial charge in [0.25, 0.3) is 5.91 Å². The van der Waals surface area contributed by atoms with Gasteiger partial charge in [0, 0.05) is 4.88 Å². The van der Waals surface area contributed by atoms with Gasteiger partial charge in [-0.1, -0.05) is 24.6 Å². The Bertz CT molecular complexity index is 789. The lowest BCUT2D eigenvalue weighted by Gasteiger charge is -2.08. The highest BCUT2D eigenvalue weighted by Gasteiger charge is 2.21. The van der Waals surface area contributed by atoms with E-state index >= 15 is 0 Å². The van der Waals surface area contributed by atoms with Crippen molar-refractivity contribution in [3.63, 3.8) is 0 Å². The van der Waals surface area contributed by atoms with Gasteiger partial charge in [-0.2, -0.15) is 5.26 Å². The summed E-state index contributed by atoms with van der Waals surface area (Å²) in [5, 5.41) is 13.0. The number of carbonyl (C=O) groups excluding carboxylic acids is 1. The number of para-hydroxylation sites is 1. The molecule has 1 amide bonds. The lowest BCUT2D eigenvalue weighted by Crippen LogP contribution is -2.20. The number of nitrogens with one attached hydrogen (secondary N) is 1. The zero-order valence-electron chi connectivity index (χ0n) is 13.7. The highest BCUT2D eigenvalue weighted by molar-refractivity contribution is 7.16. The maximum atomic E-state index is 12.2. The fraction of sp³-hybridized carbons (Fsp3) is 0.368. The molecule has 1 aliphatic rings. The fourth-order valence-corrected chi connectivity index (χ4v) is 4.23. The molecule has 24 heavy (non-hydrogen) atoms. The minimum absolute atomic E-state index is 0.0573. The smallest absolute Gasteiger partial charge is 0.262 e. The van der Waals surface area contributed by atoms with Gasteiger partial charge in [-0.05, 0) is 49.8 Å². The van der Waals surface area contributed by atoms with Crippen LogP contribution in [0.4, 0.5) is 5.00 Å². The molecule has 0 atom stereocenters. The van der Waals surface area contributed by atoms with E-state index in [0.717, 1.165) is 36.8 Å². The molecule has 1 aromatic heterocycles. The van der Waals surface area contributed by atoms with Crippen molar-refractivity contribution in [3.8, 4) is 11.8 Å².